The molecule has 1 saturated carbocycles. The Morgan fingerprint density at radius 3 is 2.44 bits per heavy atom. The number of nitrogens with one attached hydrogen (secondary N) is 1. The summed E-state index contributed by atoms with van der Waals surface area (Å²) in [5.74, 6) is -0.251. The summed E-state index contributed by atoms with van der Waals surface area (Å²) in [4.78, 5) is 38.9. The summed E-state index contributed by atoms with van der Waals surface area (Å²) < 4.78 is 42.5. The fourth-order valence-corrected chi connectivity index (χ4v) is 8.29. The van der Waals surface area contributed by atoms with E-state index in [1.54, 1.807) is 19.2 Å². The molecule has 4 fully saturated rings. The number of alkyl halides is 3. The quantitative estimate of drug-likeness (QED) is 0.340. The van der Waals surface area contributed by atoms with Gasteiger partial charge in [-0.2, -0.15) is 13.2 Å². The third-order valence-corrected chi connectivity index (χ3v) is 10.6. The number of rotatable bonds is 5. The molecule has 0 aromatic carbocycles. The van der Waals surface area contributed by atoms with Gasteiger partial charge >= 0.3 is 6.18 Å². The maximum Gasteiger partial charge on any atom is 0.433 e. The van der Waals surface area contributed by atoms with Crippen LogP contribution >= 0.6 is 48.6 Å². The first-order chi connectivity index (χ1) is 18.9. The molecule has 14 heteroatoms. The van der Waals surface area contributed by atoms with Gasteiger partial charge in [0.2, 0.25) is 11.8 Å². The van der Waals surface area contributed by atoms with Gasteiger partial charge in [0.05, 0.1) is 34.3 Å². The molecule has 0 radical (unpaired) electrons. The minimum Gasteiger partial charge on any atom is -0.315 e. The lowest BCUT2D eigenvalue weighted by atomic mass is 9.99. The number of aryl methyl sites for hydroxylation is 1. The predicted molar refractivity (Wildman–Crippen MR) is 166 cm³/mol. The van der Waals surface area contributed by atoms with E-state index >= 15 is 0 Å². The normalized spacial score (nSPS) is 25.7. The second-order valence-corrected chi connectivity index (χ2v) is 13.4. The summed E-state index contributed by atoms with van der Waals surface area (Å²) in [5.41, 5.74) is 1.67. The number of amides is 2. The Balaban J connectivity index is 0.00000141. The van der Waals surface area contributed by atoms with Crippen LogP contribution in [0.4, 0.5) is 13.2 Å². The zero-order chi connectivity index (χ0) is 28.1. The predicted octanol–water partition coefficient (Wildman–Crippen LogP) is 5.89. The van der Waals surface area contributed by atoms with Gasteiger partial charge in [-0.05, 0) is 67.1 Å². The van der Waals surface area contributed by atoms with Gasteiger partial charge in [0.15, 0.2) is 0 Å². The van der Waals surface area contributed by atoms with Crippen molar-refractivity contribution < 1.29 is 22.8 Å². The van der Waals surface area contributed by atoms with Crippen LogP contribution in [0.25, 0.3) is 21.5 Å². The van der Waals surface area contributed by atoms with E-state index < -0.39 is 11.9 Å². The van der Waals surface area contributed by atoms with Crippen LogP contribution in [-0.4, -0.2) is 57.3 Å². The number of fused-ring (bicyclic) bond motifs is 3. The number of aromatic nitrogens is 2. The monoisotopic (exact) mass is 677 g/mol. The van der Waals surface area contributed by atoms with Crippen molar-refractivity contribution in [2.45, 2.75) is 52.5 Å². The van der Waals surface area contributed by atoms with E-state index in [1.165, 1.54) is 16.2 Å². The number of pyridine rings is 2. The Labute approximate surface area is 270 Å². The summed E-state index contributed by atoms with van der Waals surface area (Å²) in [6, 6.07) is 5.07. The summed E-state index contributed by atoms with van der Waals surface area (Å²) in [5, 5.41) is 3.44. The zero-order valence-electron chi connectivity index (χ0n) is 23.7. The lowest BCUT2D eigenvalue weighted by Gasteiger charge is -2.26. The molecular formula is C29H33Cl3F3N5O2S. The van der Waals surface area contributed by atoms with E-state index in [4.69, 9.17) is 0 Å². The first-order valence-corrected chi connectivity index (χ1v) is 14.5. The summed E-state index contributed by atoms with van der Waals surface area (Å²) in [7, 11) is 0. The van der Waals surface area contributed by atoms with Crippen LogP contribution < -0.4 is 5.32 Å². The largest absolute Gasteiger partial charge is 0.433 e. The SMILES string of the molecule is Cc1cc(C(F)(F)F)nc(-c2ccnc3cc(CN4C(=O)C5C(C4=O)C5(C)C)sc23)c1CN1CC[C@@H]2CNC[C@@H]21.Cl.Cl.Cl. The molecule has 1 aliphatic carbocycles. The highest BCUT2D eigenvalue weighted by Gasteiger charge is 2.72. The molecule has 7 nitrogen and oxygen atoms in total. The second kappa shape index (κ2) is 11.7. The van der Waals surface area contributed by atoms with Crippen molar-refractivity contribution in [2.75, 3.05) is 19.6 Å². The van der Waals surface area contributed by atoms with E-state index in [2.05, 4.69) is 20.2 Å². The molecule has 6 heterocycles. The first-order valence-electron chi connectivity index (χ1n) is 13.7. The van der Waals surface area contributed by atoms with Crippen molar-refractivity contribution in [3.05, 3.63) is 46.1 Å². The molecule has 234 valence electrons. The standard InChI is InChI=1S/C29H30F3N5O2S.3ClH/c1-14-8-21(29(30,31)32)35-24(18(14)13-36-7-5-15-10-33-11-20(15)36)17-4-6-34-19-9-16(40-25(17)19)12-37-26(38)22-23(27(37)39)28(22,2)3;;;/h4,6,8-9,15,20,22-23,33H,5,7,10-13H2,1-3H3;3*1H/t15-,20+,22?,23?;;;/m1.../s1. The Bertz CT molecular complexity index is 1560. The summed E-state index contributed by atoms with van der Waals surface area (Å²) in [6.07, 6.45) is -1.92. The van der Waals surface area contributed by atoms with Gasteiger partial charge in [0, 0.05) is 35.8 Å². The molecule has 0 bridgehead atoms. The van der Waals surface area contributed by atoms with Gasteiger partial charge in [-0.25, -0.2) is 4.98 Å². The number of nitrogens with zero attached hydrogens (tertiary/aromatic N) is 4. The average molecular weight is 679 g/mol. The van der Waals surface area contributed by atoms with Crippen molar-refractivity contribution in [1.29, 1.82) is 0 Å². The van der Waals surface area contributed by atoms with Crippen LogP contribution in [0.15, 0.2) is 24.4 Å². The molecule has 3 aromatic heterocycles. The first kappa shape index (κ1) is 33.9. The van der Waals surface area contributed by atoms with Gasteiger partial charge in [0.25, 0.3) is 0 Å². The third kappa shape index (κ3) is 5.44. The number of hydrogen-bond acceptors (Lipinski definition) is 7. The molecule has 2 amide bonds. The molecule has 7 rings (SSSR count). The maximum atomic E-state index is 13.9. The zero-order valence-corrected chi connectivity index (χ0v) is 27.0. The van der Waals surface area contributed by atoms with Crippen LogP contribution in [0.5, 0.6) is 0 Å². The van der Waals surface area contributed by atoms with Crippen LogP contribution in [0.3, 0.4) is 0 Å². The Morgan fingerprint density at radius 1 is 1.07 bits per heavy atom. The van der Waals surface area contributed by atoms with Gasteiger partial charge in [-0.15, -0.1) is 48.6 Å². The smallest absolute Gasteiger partial charge is 0.315 e. The highest BCUT2D eigenvalue weighted by atomic mass is 35.5. The van der Waals surface area contributed by atoms with Crippen LogP contribution in [0.1, 0.15) is 42.0 Å². The van der Waals surface area contributed by atoms with Crippen molar-refractivity contribution in [2.24, 2.45) is 23.2 Å². The molecule has 2 unspecified atom stereocenters. The van der Waals surface area contributed by atoms with E-state index in [-0.39, 0.29) is 72.8 Å². The molecule has 3 saturated heterocycles. The number of carbonyl (C=O) groups excluding carboxylic acids is 2. The average Bonchev–Trinajstić information content (AvgIpc) is 3.43. The maximum absolute atomic E-state index is 13.9. The topological polar surface area (TPSA) is 78.4 Å². The van der Waals surface area contributed by atoms with Crippen LogP contribution in [0, 0.1) is 30.1 Å². The number of hydrogen-bond donors (Lipinski definition) is 1. The van der Waals surface area contributed by atoms with Crippen molar-refractivity contribution in [3.63, 3.8) is 0 Å². The molecular weight excluding hydrogens is 646 g/mol. The Kier molecular flexibility index (Phi) is 9.23. The van der Waals surface area contributed by atoms with E-state index in [1.807, 2.05) is 19.9 Å². The van der Waals surface area contributed by atoms with E-state index in [0.29, 0.717) is 45.5 Å². The number of piperidine rings is 1. The minimum atomic E-state index is -4.58. The van der Waals surface area contributed by atoms with Gasteiger partial charge in [-0.3, -0.25) is 24.4 Å². The van der Waals surface area contributed by atoms with E-state index in [9.17, 15) is 22.8 Å². The number of imide groups is 1. The molecule has 43 heavy (non-hydrogen) atoms. The lowest BCUT2D eigenvalue weighted by Crippen LogP contribution is -2.35. The fraction of sp³-hybridized carbons (Fsp3) is 0.517. The summed E-state index contributed by atoms with van der Waals surface area (Å²) in [6.45, 7) is 9.04. The highest BCUT2D eigenvalue weighted by molar-refractivity contribution is 7.19. The number of thiophene rings is 1. The molecule has 1 N–H and O–H groups in total. The Hall–Kier alpha value is -2.02. The molecule has 0 spiro atoms. The molecule has 4 atom stereocenters. The van der Waals surface area contributed by atoms with Crippen LogP contribution in [0.2, 0.25) is 0 Å². The van der Waals surface area contributed by atoms with Gasteiger partial charge < -0.3 is 5.32 Å². The third-order valence-electron chi connectivity index (χ3n) is 9.48. The number of likely N-dealkylation sites (tertiary alicyclic amines) is 2. The van der Waals surface area contributed by atoms with Gasteiger partial charge in [0.1, 0.15) is 5.69 Å². The van der Waals surface area contributed by atoms with Crippen molar-refractivity contribution in [3.8, 4) is 11.3 Å². The number of halogens is 6. The number of carbonyl (C=O) groups is 2. The second-order valence-electron chi connectivity index (χ2n) is 12.2. The fourth-order valence-electron chi connectivity index (χ4n) is 7.17. The minimum absolute atomic E-state index is 0. The lowest BCUT2D eigenvalue weighted by molar-refractivity contribution is -0.144. The summed E-state index contributed by atoms with van der Waals surface area (Å²) >= 11 is 1.36. The van der Waals surface area contributed by atoms with Crippen molar-refractivity contribution in [1.82, 2.24) is 25.1 Å². The molecule has 3 aliphatic heterocycles. The highest BCUT2D eigenvalue weighted by Crippen LogP contribution is 2.63. The van der Waals surface area contributed by atoms with E-state index in [0.717, 1.165) is 42.6 Å². The Morgan fingerprint density at radius 2 is 1.77 bits per heavy atom. The van der Waals surface area contributed by atoms with Gasteiger partial charge in [-0.1, -0.05) is 13.8 Å². The molecule has 4 aliphatic rings. The molecule has 3 aromatic rings. The van der Waals surface area contributed by atoms with Crippen LogP contribution in [-0.2, 0) is 28.9 Å². The van der Waals surface area contributed by atoms with Crippen molar-refractivity contribution >= 4 is 70.6 Å².